The maximum Gasteiger partial charge on any atom is 0.224 e. The molecule has 124 valence electrons. The van der Waals surface area contributed by atoms with Gasteiger partial charge in [0.05, 0.1) is 6.42 Å². The molecule has 0 radical (unpaired) electrons. The Hall–Kier alpha value is -2.55. The molecule has 0 atom stereocenters. The molecule has 0 spiro atoms. The van der Waals surface area contributed by atoms with Crippen LogP contribution in [0.25, 0.3) is 10.9 Å². The van der Waals surface area contributed by atoms with Crippen molar-refractivity contribution in [1.29, 1.82) is 0 Å². The highest BCUT2D eigenvalue weighted by Gasteiger charge is 2.22. The molecule has 1 heterocycles. The van der Waals surface area contributed by atoms with Crippen LogP contribution in [0.1, 0.15) is 30.5 Å². The lowest BCUT2D eigenvalue weighted by Gasteiger charge is -2.26. The Morgan fingerprint density at radius 1 is 1.12 bits per heavy atom. The number of aryl methyl sites for hydroxylation is 1. The highest BCUT2D eigenvalue weighted by molar-refractivity contribution is 5.83. The minimum absolute atomic E-state index is 0.0606. The zero-order valence-electron chi connectivity index (χ0n) is 14.5. The van der Waals surface area contributed by atoms with Gasteiger partial charge in [0.15, 0.2) is 0 Å². The van der Waals surface area contributed by atoms with E-state index in [1.807, 2.05) is 43.5 Å². The van der Waals surface area contributed by atoms with Crippen molar-refractivity contribution in [2.75, 3.05) is 0 Å². The minimum atomic E-state index is -0.300. The summed E-state index contributed by atoms with van der Waals surface area (Å²) in [6.45, 7) is 6.19. The second-order valence-electron chi connectivity index (χ2n) is 7.13. The van der Waals surface area contributed by atoms with E-state index >= 15 is 0 Å². The summed E-state index contributed by atoms with van der Waals surface area (Å²) in [5.41, 5.74) is 4.29. The van der Waals surface area contributed by atoms with Crippen LogP contribution in [0, 0.1) is 6.92 Å². The summed E-state index contributed by atoms with van der Waals surface area (Å²) in [5, 5.41) is 4.40. The number of nitrogens with one attached hydrogen (secondary N) is 2. The van der Waals surface area contributed by atoms with Crippen molar-refractivity contribution in [2.45, 2.75) is 39.2 Å². The van der Waals surface area contributed by atoms with Gasteiger partial charge in [0.25, 0.3) is 0 Å². The van der Waals surface area contributed by atoms with Crippen LogP contribution in [-0.4, -0.2) is 16.4 Å². The number of amides is 1. The highest BCUT2D eigenvalue weighted by atomic mass is 16.1. The molecule has 0 aliphatic heterocycles. The molecule has 3 nitrogen and oxygen atoms in total. The first-order chi connectivity index (χ1) is 11.4. The van der Waals surface area contributed by atoms with Gasteiger partial charge in [-0.1, -0.05) is 48.0 Å². The van der Waals surface area contributed by atoms with Gasteiger partial charge in [-0.2, -0.15) is 0 Å². The van der Waals surface area contributed by atoms with E-state index < -0.39 is 0 Å². The van der Waals surface area contributed by atoms with Crippen LogP contribution >= 0.6 is 0 Å². The normalized spacial score (nSPS) is 11.6. The van der Waals surface area contributed by atoms with Crippen LogP contribution in [0.15, 0.2) is 54.7 Å². The second kappa shape index (κ2) is 6.52. The van der Waals surface area contributed by atoms with Crippen molar-refractivity contribution in [1.82, 2.24) is 10.3 Å². The van der Waals surface area contributed by atoms with E-state index in [1.54, 1.807) is 0 Å². The Morgan fingerprint density at radius 2 is 1.92 bits per heavy atom. The van der Waals surface area contributed by atoms with Crippen LogP contribution in [0.2, 0.25) is 0 Å². The number of aromatic amines is 1. The van der Waals surface area contributed by atoms with Crippen LogP contribution < -0.4 is 5.32 Å². The molecule has 3 aromatic rings. The van der Waals surface area contributed by atoms with E-state index in [1.165, 1.54) is 16.5 Å². The number of carbonyl (C=O) groups is 1. The molecular weight excluding hydrogens is 296 g/mol. The molecule has 0 aliphatic rings. The van der Waals surface area contributed by atoms with Crippen LogP contribution in [0.4, 0.5) is 0 Å². The molecule has 0 bridgehead atoms. The summed E-state index contributed by atoms with van der Waals surface area (Å²) in [4.78, 5) is 15.7. The summed E-state index contributed by atoms with van der Waals surface area (Å²) < 4.78 is 0. The lowest BCUT2D eigenvalue weighted by Crippen LogP contribution is -2.45. The predicted molar refractivity (Wildman–Crippen MR) is 99.1 cm³/mol. The average molecular weight is 320 g/mol. The van der Waals surface area contributed by atoms with E-state index in [2.05, 4.69) is 42.3 Å². The largest absolute Gasteiger partial charge is 0.361 e. The third-order valence-electron chi connectivity index (χ3n) is 4.23. The molecule has 2 N–H and O–H groups in total. The SMILES string of the molecule is Cc1cccc(CC(=O)NC(C)(C)Cc2c[nH]c3ccccc23)c1. The number of carbonyl (C=O) groups excluding carboxylic acids is 1. The summed E-state index contributed by atoms with van der Waals surface area (Å²) in [6.07, 6.45) is 3.24. The summed E-state index contributed by atoms with van der Waals surface area (Å²) in [5.74, 6) is 0.0606. The number of aromatic nitrogens is 1. The molecule has 0 saturated heterocycles. The van der Waals surface area contributed by atoms with Gasteiger partial charge in [0.2, 0.25) is 5.91 Å². The fourth-order valence-electron chi connectivity index (χ4n) is 3.23. The maximum absolute atomic E-state index is 12.4. The zero-order valence-corrected chi connectivity index (χ0v) is 14.5. The first-order valence-electron chi connectivity index (χ1n) is 8.34. The van der Waals surface area contributed by atoms with Gasteiger partial charge in [-0.15, -0.1) is 0 Å². The lowest BCUT2D eigenvalue weighted by atomic mass is 9.94. The van der Waals surface area contributed by atoms with Gasteiger partial charge in [-0.3, -0.25) is 4.79 Å². The van der Waals surface area contributed by atoms with Gasteiger partial charge in [0.1, 0.15) is 0 Å². The molecular formula is C21H24N2O. The first-order valence-corrected chi connectivity index (χ1v) is 8.34. The molecule has 0 fully saturated rings. The number of fused-ring (bicyclic) bond motifs is 1. The molecule has 1 amide bonds. The van der Waals surface area contributed by atoms with E-state index in [0.717, 1.165) is 17.5 Å². The van der Waals surface area contributed by atoms with Crippen molar-refractivity contribution >= 4 is 16.8 Å². The van der Waals surface area contributed by atoms with Crippen molar-refractivity contribution in [3.8, 4) is 0 Å². The van der Waals surface area contributed by atoms with Crippen molar-refractivity contribution in [2.24, 2.45) is 0 Å². The minimum Gasteiger partial charge on any atom is -0.361 e. The molecule has 0 saturated carbocycles. The number of hydrogen-bond donors (Lipinski definition) is 2. The van der Waals surface area contributed by atoms with Crippen molar-refractivity contribution in [3.63, 3.8) is 0 Å². The number of benzene rings is 2. The van der Waals surface area contributed by atoms with Gasteiger partial charge in [-0.05, 0) is 44.4 Å². The Bertz CT molecular complexity index is 861. The maximum atomic E-state index is 12.4. The fraction of sp³-hybridized carbons (Fsp3) is 0.286. The molecule has 0 unspecified atom stereocenters. The quantitative estimate of drug-likeness (QED) is 0.728. The topological polar surface area (TPSA) is 44.9 Å². The Morgan fingerprint density at radius 3 is 2.71 bits per heavy atom. The monoisotopic (exact) mass is 320 g/mol. The van der Waals surface area contributed by atoms with Crippen LogP contribution in [0.3, 0.4) is 0 Å². The third-order valence-corrected chi connectivity index (χ3v) is 4.23. The van der Waals surface area contributed by atoms with Gasteiger partial charge in [0, 0.05) is 22.6 Å². The predicted octanol–water partition coefficient (Wildman–Crippen LogP) is 4.16. The Labute approximate surface area is 143 Å². The summed E-state index contributed by atoms with van der Waals surface area (Å²) in [7, 11) is 0. The lowest BCUT2D eigenvalue weighted by molar-refractivity contribution is -0.122. The van der Waals surface area contributed by atoms with E-state index in [0.29, 0.717) is 6.42 Å². The number of H-pyrrole nitrogens is 1. The second-order valence-corrected chi connectivity index (χ2v) is 7.13. The Kier molecular flexibility index (Phi) is 4.43. The average Bonchev–Trinajstić information content (AvgIpc) is 2.89. The zero-order chi connectivity index (χ0) is 17.2. The highest BCUT2D eigenvalue weighted by Crippen LogP contribution is 2.22. The number of para-hydroxylation sites is 1. The fourth-order valence-corrected chi connectivity index (χ4v) is 3.23. The van der Waals surface area contributed by atoms with Gasteiger partial charge in [-0.25, -0.2) is 0 Å². The first kappa shape index (κ1) is 16.3. The molecule has 2 aromatic carbocycles. The van der Waals surface area contributed by atoms with Crippen molar-refractivity contribution < 1.29 is 4.79 Å². The summed E-state index contributed by atoms with van der Waals surface area (Å²) in [6, 6.07) is 16.4. The van der Waals surface area contributed by atoms with E-state index in [-0.39, 0.29) is 11.4 Å². The smallest absolute Gasteiger partial charge is 0.224 e. The number of rotatable bonds is 5. The van der Waals surface area contributed by atoms with E-state index in [4.69, 9.17) is 0 Å². The van der Waals surface area contributed by atoms with Crippen molar-refractivity contribution in [3.05, 3.63) is 71.4 Å². The number of hydrogen-bond acceptors (Lipinski definition) is 1. The van der Waals surface area contributed by atoms with E-state index in [9.17, 15) is 4.79 Å². The molecule has 1 aromatic heterocycles. The van der Waals surface area contributed by atoms with Gasteiger partial charge >= 0.3 is 0 Å². The van der Waals surface area contributed by atoms with Crippen LogP contribution in [0.5, 0.6) is 0 Å². The third kappa shape index (κ3) is 3.85. The molecule has 3 rings (SSSR count). The van der Waals surface area contributed by atoms with Gasteiger partial charge < -0.3 is 10.3 Å². The Balaban J connectivity index is 1.68. The molecule has 0 aliphatic carbocycles. The molecule has 3 heteroatoms. The molecule has 24 heavy (non-hydrogen) atoms. The standard InChI is InChI=1S/C21H24N2O/c1-15-7-6-8-16(11-15)12-20(24)23-21(2,3)13-17-14-22-19-10-5-4-9-18(17)19/h4-11,14,22H,12-13H2,1-3H3,(H,23,24). The van der Waals surface area contributed by atoms with Crippen LogP contribution in [-0.2, 0) is 17.6 Å². The summed E-state index contributed by atoms with van der Waals surface area (Å²) >= 11 is 0.